The average Bonchev–Trinajstić information content (AvgIpc) is 2.57. The largest absolute Gasteiger partial charge is 0.207 e. The van der Waals surface area contributed by atoms with Gasteiger partial charge >= 0.3 is 0 Å². The standard InChI is InChI=1S/C12H13FS2/c1-8(2)14-6-9-7-15-12-5-10(13)3-4-11(9)12/h3-5,7-8H,6H2,1-2H3. The number of thioether (sulfide) groups is 1. The van der Waals surface area contributed by atoms with Crippen LogP contribution in [0.2, 0.25) is 0 Å². The van der Waals surface area contributed by atoms with E-state index in [0.717, 1.165) is 10.5 Å². The van der Waals surface area contributed by atoms with E-state index in [0.29, 0.717) is 5.25 Å². The van der Waals surface area contributed by atoms with Gasteiger partial charge < -0.3 is 0 Å². The molecule has 0 atom stereocenters. The maximum atomic E-state index is 13.0. The van der Waals surface area contributed by atoms with Gasteiger partial charge in [-0.1, -0.05) is 19.9 Å². The number of fused-ring (bicyclic) bond motifs is 1. The molecule has 1 aromatic heterocycles. The average molecular weight is 240 g/mol. The summed E-state index contributed by atoms with van der Waals surface area (Å²) in [7, 11) is 0. The zero-order chi connectivity index (χ0) is 10.8. The van der Waals surface area contributed by atoms with Crippen molar-refractivity contribution in [1.29, 1.82) is 0 Å². The lowest BCUT2D eigenvalue weighted by atomic mass is 10.2. The van der Waals surface area contributed by atoms with E-state index in [-0.39, 0.29) is 5.82 Å². The molecule has 0 unspecified atom stereocenters. The quantitative estimate of drug-likeness (QED) is 0.750. The van der Waals surface area contributed by atoms with Gasteiger partial charge in [-0.05, 0) is 33.7 Å². The highest BCUT2D eigenvalue weighted by Gasteiger charge is 2.05. The molecule has 0 spiro atoms. The third-order valence-corrected chi connectivity index (χ3v) is 4.33. The maximum Gasteiger partial charge on any atom is 0.124 e. The summed E-state index contributed by atoms with van der Waals surface area (Å²) >= 11 is 3.55. The van der Waals surface area contributed by atoms with E-state index in [4.69, 9.17) is 0 Å². The Labute approximate surface area is 97.5 Å². The van der Waals surface area contributed by atoms with Crippen LogP contribution < -0.4 is 0 Å². The predicted molar refractivity (Wildman–Crippen MR) is 68.2 cm³/mol. The molecule has 3 heteroatoms. The predicted octanol–water partition coefficient (Wildman–Crippen LogP) is 4.68. The van der Waals surface area contributed by atoms with Gasteiger partial charge in [0.05, 0.1) is 0 Å². The molecule has 0 saturated carbocycles. The van der Waals surface area contributed by atoms with Crippen molar-refractivity contribution in [1.82, 2.24) is 0 Å². The van der Waals surface area contributed by atoms with Crippen LogP contribution in [0.3, 0.4) is 0 Å². The molecule has 80 valence electrons. The van der Waals surface area contributed by atoms with Crippen molar-refractivity contribution >= 4 is 33.2 Å². The molecule has 0 bridgehead atoms. The summed E-state index contributed by atoms with van der Waals surface area (Å²) in [6.45, 7) is 4.39. The number of rotatable bonds is 3. The molecule has 0 amide bonds. The van der Waals surface area contributed by atoms with Crippen molar-refractivity contribution in [3.8, 4) is 0 Å². The fraction of sp³-hybridized carbons (Fsp3) is 0.333. The summed E-state index contributed by atoms with van der Waals surface area (Å²) in [5.74, 6) is 0.871. The minimum absolute atomic E-state index is 0.146. The van der Waals surface area contributed by atoms with Crippen LogP contribution in [0.1, 0.15) is 19.4 Å². The van der Waals surface area contributed by atoms with E-state index < -0.39 is 0 Å². The lowest BCUT2D eigenvalue weighted by Gasteiger charge is -2.03. The topological polar surface area (TPSA) is 0 Å². The smallest absolute Gasteiger partial charge is 0.124 e. The number of benzene rings is 1. The van der Waals surface area contributed by atoms with E-state index in [1.165, 1.54) is 10.9 Å². The molecule has 1 aromatic carbocycles. The van der Waals surface area contributed by atoms with Crippen molar-refractivity contribution in [2.75, 3.05) is 0 Å². The van der Waals surface area contributed by atoms with Gasteiger partial charge in [-0.3, -0.25) is 0 Å². The summed E-state index contributed by atoms with van der Waals surface area (Å²) in [6.07, 6.45) is 0. The second kappa shape index (κ2) is 4.54. The summed E-state index contributed by atoms with van der Waals surface area (Å²) in [5, 5.41) is 3.98. The summed E-state index contributed by atoms with van der Waals surface area (Å²) < 4.78 is 14.0. The molecule has 0 aliphatic carbocycles. The van der Waals surface area contributed by atoms with Gasteiger partial charge in [-0.25, -0.2) is 4.39 Å². The van der Waals surface area contributed by atoms with Gasteiger partial charge in [-0.2, -0.15) is 11.8 Å². The second-order valence-electron chi connectivity index (χ2n) is 3.76. The Morgan fingerprint density at radius 1 is 1.40 bits per heavy atom. The highest BCUT2D eigenvalue weighted by atomic mass is 32.2. The fourth-order valence-electron chi connectivity index (χ4n) is 1.43. The normalized spacial score (nSPS) is 11.5. The van der Waals surface area contributed by atoms with Crippen LogP contribution in [0.4, 0.5) is 4.39 Å². The summed E-state index contributed by atoms with van der Waals surface area (Å²) in [5.41, 5.74) is 1.33. The molecule has 0 fully saturated rings. The Morgan fingerprint density at radius 2 is 2.20 bits per heavy atom. The molecule has 0 nitrogen and oxygen atoms in total. The molecule has 0 radical (unpaired) electrons. The highest BCUT2D eigenvalue weighted by Crippen LogP contribution is 2.30. The van der Waals surface area contributed by atoms with E-state index in [1.807, 2.05) is 17.8 Å². The van der Waals surface area contributed by atoms with E-state index >= 15 is 0 Å². The molecular formula is C12H13FS2. The second-order valence-corrected chi connectivity index (χ2v) is 6.24. The first-order chi connectivity index (χ1) is 7.16. The van der Waals surface area contributed by atoms with Crippen molar-refractivity contribution in [2.24, 2.45) is 0 Å². The van der Waals surface area contributed by atoms with E-state index in [1.54, 1.807) is 23.5 Å². The Hall–Kier alpha value is -0.540. The Balaban J connectivity index is 2.29. The van der Waals surface area contributed by atoms with Crippen LogP contribution in [0.5, 0.6) is 0 Å². The minimum Gasteiger partial charge on any atom is -0.207 e. The Morgan fingerprint density at radius 3 is 2.93 bits per heavy atom. The third-order valence-electron chi connectivity index (χ3n) is 2.19. The van der Waals surface area contributed by atoms with Crippen LogP contribution in [0.15, 0.2) is 23.6 Å². The first-order valence-electron chi connectivity index (χ1n) is 4.94. The lowest BCUT2D eigenvalue weighted by Crippen LogP contribution is -1.87. The van der Waals surface area contributed by atoms with Crippen LogP contribution in [0, 0.1) is 5.82 Å². The molecule has 0 aliphatic rings. The molecule has 0 saturated heterocycles. The fourth-order valence-corrected chi connectivity index (χ4v) is 3.27. The van der Waals surface area contributed by atoms with Gasteiger partial charge in [0.1, 0.15) is 5.82 Å². The molecule has 2 rings (SSSR count). The van der Waals surface area contributed by atoms with Gasteiger partial charge in [0.2, 0.25) is 0 Å². The number of thiophene rings is 1. The monoisotopic (exact) mass is 240 g/mol. The Bertz CT molecular complexity index is 460. The third kappa shape index (κ3) is 2.52. The van der Waals surface area contributed by atoms with Crippen LogP contribution in [-0.2, 0) is 5.75 Å². The van der Waals surface area contributed by atoms with Crippen LogP contribution in [0.25, 0.3) is 10.1 Å². The van der Waals surface area contributed by atoms with Gasteiger partial charge in [0.15, 0.2) is 0 Å². The van der Waals surface area contributed by atoms with Crippen LogP contribution in [-0.4, -0.2) is 5.25 Å². The minimum atomic E-state index is -0.146. The first-order valence-corrected chi connectivity index (χ1v) is 6.87. The summed E-state index contributed by atoms with van der Waals surface area (Å²) in [6, 6.07) is 5.04. The van der Waals surface area contributed by atoms with E-state index in [9.17, 15) is 4.39 Å². The lowest BCUT2D eigenvalue weighted by molar-refractivity contribution is 0.630. The number of hydrogen-bond donors (Lipinski definition) is 0. The van der Waals surface area contributed by atoms with Crippen LogP contribution >= 0.6 is 23.1 Å². The van der Waals surface area contributed by atoms with Gasteiger partial charge in [0.25, 0.3) is 0 Å². The van der Waals surface area contributed by atoms with Crippen molar-refractivity contribution in [3.63, 3.8) is 0 Å². The van der Waals surface area contributed by atoms with Gasteiger partial charge in [-0.15, -0.1) is 11.3 Å². The van der Waals surface area contributed by atoms with Crippen molar-refractivity contribution in [3.05, 3.63) is 35.0 Å². The molecular weight excluding hydrogens is 227 g/mol. The molecule has 0 aliphatic heterocycles. The van der Waals surface area contributed by atoms with Gasteiger partial charge in [0, 0.05) is 10.5 Å². The molecule has 15 heavy (non-hydrogen) atoms. The highest BCUT2D eigenvalue weighted by molar-refractivity contribution is 7.99. The zero-order valence-corrected chi connectivity index (χ0v) is 10.4. The number of hydrogen-bond acceptors (Lipinski definition) is 2. The van der Waals surface area contributed by atoms with E-state index in [2.05, 4.69) is 19.2 Å². The zero-order valence-electron chi connectivity index (χ0n) is 8.79. The maximum absolute atomic E-state index is 13.0. The molecule has 1 heterocycles. The molecule has 0 N–H and O–H groups in total. The molecule has 2 aromatic rings. The Kier molecular flexibility index (Phi) is 3.32. The first kappa shape index (κ1) is 11.0. The van der Waals surface area contributed by atoms with Crippen molar-refractivity contribution in [2.45, 2.75) is 24.9 Å². The summed E-state index contributed by atoms with van der Waals surface area (Å²) in [4.78, 5) is 0. The van der Waals surface area contributed by atoms with Crippen molar-refractivity contribution < 1.29 is 4.39 Å². The SMILES string of the molecule is CC(C)SCc1csc2cc(F)ccc12. The number of halogens is 1.